The van der Waals surface area contributed by atoms with Crippen molar-refractivity contribution >= 4 is 5.91 Å². The average molecular weight is 196 g/mol. The van der Waals surface area contributed by atoms with Crippen molar-refractivity contribution in [1.82, 2.24) is 10.6 Å². The zero-order valence-electron chi connectivity index (χ0n) is 8.59. The summed E-state index contributed by atoms with van der Waals surface area (Å²) in [7, 11) is 1.76. The van der Waals surface area contributed by atoms with Crippen molar-refractivity contribution in [2.45, 2.75) is 24.9 Å². The molecule has 2 atom stereocenters. The van der Waals surface area contributed by atoms with Crippen LogP contribution in [0.2, 0.25) is 0 Å². The molecule has 0 bridgehead atoms. The predicted molar refractivity (Wildman–Crippen MR) is 53.7 cm³/mol. The largest absolute Gasteiger partial charge is 0.379 e. The fourth-order valence-corrected chi connectivity index (χ4v) is 1.43. The van der Waals surface area contributed by atoms with Crippen LogP contribution in [0.5, 0.6) is 0 Å². The molecule has 0 aromatic carbocycles. The molecule has 1 saturated heterocycles. The third-order valence-corrected chi connectivity index (χ3v) is 2.53. The Kier molecular flexibility index (Phi) is 3.50. The standard InChI is InChI=1S/C10H16N2O2/c1-4-8(2)12-9(13)10(11-3)5-6-14-7-10/h1,8,11H,5-7H2,2-3H3,(H,12,13). The quantitative estimate of drug-likeness (QED) is 0.598. The average Bonchev–Trinajstić information content (AvgIpc) is 2.67. The lowest BCUT2D eigenvalue weighted by atomic mass is 9.97. The second-order valence-corrected chi connectivity index (χ2v) is 3.50. The van der Waals surface area contributed by atoms with E-state index in [9.17, 15) is 4.79 Å². The molecule has 4 nitrogen and oxygen atoms in total. The van der Waals surface area contributed by atoms with Crippen LogP contribution in [-0.4, -0.2) is 37.7 Å². The molecule has 1 fully saturated rings. The molecule has 0 spiro atoms. The van der Waals surface area contributed by atoms with Gasteiger partial charge in [0.15, 0.2) is 0 Å². The van der Waals surface area contributed by atoms with Crippen molar-refractivity contribution in [2.24, 2.45) is 0 Å². The van der Waals surface area contributed by atoms with Gasteiger partial charge in [-0.15, -0.1) is 6.42 Å². The fourth-order valence-electron chi connectivity index (χ4n) is 1.43. The van der Waals surface area contributed by atoms with E-state index in [0.717, 1.165) is 0 Å². The molecule has 0 radical (unpaired) electrons. The monoisotopic (exact) mass is 196 g/mol. The van der Waals surface area contributed by atoms with E-state index < -0.39 is 5.54 Å². The van der Waals surface area contributed by atoms with Crippen LogP contribution >= 0.6 is 0 Å². The number of likely N-dealkylation sites (N-methyl/N-ethyl adjacent to an activating group) is 1. The molecule has 1 amide bonds. The van der Waals surface area contributed by atoms with E-state index in [4.69, 9.17) is 11.2 Å². The van der Waals surface area contributed by atoms with Gasteiger partial charge in [0.2, 0.25) is 5.91 Å². The Labute approximate surface area is 84.4 Å². The van der Waals surface area contributed by atoms with Crippen LogP contribution in [0.15, 0.2) is 0 Å². The maximum absolute atomic E-state index is 11.8. The number of amides is 1. The van der Waals surface area contributed by atoms with Crippen molar-refractivity contribution < 1.29 is 9.53 Å². The van der Waals surface area contributed by atoms with Crippen LogP contribution < -0.4 is 10.6 Å². The third-order valence-electron chi connectivity index (χ3n) is 2.53. The predicted octanol–water partition coefficient (Wildman–Crippen LogP) is -0.497. The molecule has 1 heterocycles. The molecular formula is C10H16N2O2. The molecule has 4 heteroatoms. The van der Waals surface area contributed by atoms with E-state index in [1.54, 1.807) is 14.0 Å². The number of ether oxygens (including phenoxy) is 1. The van der Waals surface area contributed by atoms with Crippen molar-refractivity contribution in [3.63, 3.8) is 0 Å². The SMILES string of the molecule is C#CC(C)NC(=O)C1(NC)CCOC1. The summed E-state index contributed by atoms with van der Waals surface area (Å²) in [5.41, 5.74) is -0.592. The lowest BCUT2D eigenvalue weighted by Crippen LogP contribution is -2.57. The van der Waals surface area contributed by atoms with Gasteiger partial charge in [0.1, 0.15) is 5.54 Å². The van der Waals surface area contributed by atoms with Crippen molar-refractivity contribution in [2.75, 3.05) is 20.3 Å². The van der Waals surface area contributed by atoms with Gasteiger partial charge in [-0.05, 0) is 14.0 Å². The third kappa shape index (κ3) is 2.06. The van der Waals surface area contributed by atoms with Gasteiger partial charge in [-0.25, -0.2) is 0 Å². The first-order valence-electron chi connectivity index (χ1n) is 4.68. The normalized spacial score (nSPS) is 28.1. The fraction of sp³-hybridized carbons (Fsp3) is 0.700. The van der Waals surface area contributed by atoms with Gasteiger partial charge in [0, 0.05) is 13.0 Å². The van der Waals surface area contributed by atoms with Crippen LogP contribution in [-0.2, 0) is 9.53 Å². The molecule has 14 heavy (non-hydrogen) atoms. The Morgan fingerprint density at radius 1 is 1.71 bits per heavy atom. The second-order valence-electron chi connectivity index (χ2n) is 3.50. The first kappa shape index (κ1) is 11.0. The van der Waals surface area contributed by atoms with Gasteiger partial charge in [-0.3, -0.25) is 4.79 Å². The van der Waals surface area contributed by atoms with Crippen LogP contribution in [0.1, 0.15) is 13.3 Å². The molecule has 78 valence electrons. The smallest absolute Gasteiger partial charge is 0.243 e. The van der Waals surface area contributed by atoms with Gasteiger partial charge in [0.25, 0.3) is 0 Å². The molecule has 1 rings (SSSR count). The highest BCUT2D eigenvalue weighted by atomic mass is 16.5. The first-order chi connectivity index (χ1) is 6.64. The Morgan fingerprint density at radius 3 is 2.86 bits per heavy atom. The summed E-state index contributed by atoms with van der Waals surface area (Å²) in [4.78, 5) is 11.8. The molecule has 0 aliphatic carbocycles. The van der Waals surface area contributed by atoms with E-state index in [-0.39, 0.29) is 11.9 Å². The molecular weight excluding hydrogens is 180 g/mol. The molecule has 1 aliphatic heterocycles. The lowest BCUT2D eigenvalue weighted by Gasteiger charge is -2.26. The zero-order chi connectivity index (χ0) is 10.6. The molecule has 0 saturated carbocycles. The van der Waals surface area contributed by atoms with Crippen LogP contribution in [0.3, 0.4) is 0 Å². The number of carbonyl (C=O) groups excluding carboxylic acids is 1. The second kappa shape index (κ2) is 4.45. The minimum atomic E-state index is -0.592. The summed E-state index contributed by atoms with van der Waals surface area (Å²) in [5, 5.41) is 5.75. The van der Waals surface area contributed by atoms with Gasteiger partial charge < -0.3 is 15.4 Å². The molecule has 2 N–H and O–H groups in total. The highest BCUT2D eigenvalue weighted by Crippen LogP contribution is 2.18. The van der Waals surface area contributed by atoms with Crippen LogP contribution in [0.25, 0.3) is 0 Å². The molecule has 1 aliphatic rings. The highest BCUT2D eigenvalue weighted by Gasteiger charge is 2.40. The lowest BCUT2D eigenvalue weighted by molar-refractivity contribution is -0.127. The maximum atomic E-state index is 11.8. The van der Waals surface area contributed by atoms with Gasteiger partial charge in [-0.1, -0.05) is 5.92 Å². The van der Waals surface area contributed by atoms with E-state index in [1.165, 1.54) is 0 Å². The number of nitrogens with one attached hydrogen (secondary N) is 2. The Hall–Kier alpha value is -1.05. The van der Waals surface area contributed by atoms with Crippen LogP contribution in [0, 0.1) is 12.3 Å². The maximum Gasteiger partial charge on any atom is 0.243 e. The zero-order valence-corrected chi connectivity index (χ0v) is 8.59. The molecule has 0 aromatic rings. The highest BCUT2D eigenvalue weighted by molar-refractivity contribution is 5.87. The summed E-state index contributed by atoms with van der Waals surface area (Å²) >= 11 is 0. The summed E-state index contributed by atoms with van der Waals surface area (Å²) < 4.78 is 5.21. The van der Waals surface area contributed by atoms with Crippen molar-refractivity contribution in [1.29, 1.82) is 0 Å². The summed E-state index contributed by atoms with van der Waals surface area (Å²) in [6.07, 6.45) is 5.87. The van der Waals surface area contributed by atoms with Crippen molar-refractivity contribution in [3.05, 3.63) is 0 Å². The van der Waals surface area contributed by atoms with E-state index >= 15 is 0 Å². The van der Waals surface area contributed by atoms with Gasteiger partial charge >= 0.3 is 0 Å². The van der Waals surface area contributed by atoms with E-state index in [2.05, 4.69) is 16.6 Å². The Morgan fingerprint density at radius 2 is 2.43 bits per heavy atom. The number of hydrogen-bond donors (Lipinski definition) is 2. The minimum absolute atomic E-state index is 0.0806. The summed E-state index contributed by atoms with van der Waals surface area (Å²) in [6, 6.07) is -0.242. The Bertz CT molecular complexity index is 251. The minimum Gasteiger partial charge on any atom is -0.379 e. The van der Waals surface area contributed by atoms with Gasteiger partial charge in [0.05, 0.1) is 12.6 Å². The summed E-state index contributed by atoms with van der Waals surface area (Å²) in [5.74, 6) is 2.38. The van der Waals surface area contributed by atoms with Crippen molar-refractivity contribution in [3.8, 4) is 12.3 Å². The van der Waals surface area contributed by atoms with E-state index in [1.807, 2.05) is 0 Å². The van der Waals surface area contributed by atoms with Crippen LogP contribution in [0.4, 0.5) is 0 Å². The molecule has 0 aromatic heterocycles. The van der Waals surface area contributed by atoms with Gasteiger partial charge in [-0.2, -0.15) is 0 Å². The topological polar surface area (TPSA) is 50.4 Å². The Balaban J connectivity index is 2.62. The molecule has 2 unspecified atom stereocenters. The number of carbonyl (C=O) groups is 1. The van der Waals surface area contributed by atoms with E-state index in [0.29, 0.717) is 19.6 Å². The number of hydrogen-bond acceptors (Lipinski definition) is 3. The number of rotatable bonds is 3. The first-order valence-corrected chi connectivity index (χ1v) is 4.68. The summed E-state index contributed by atoms with van der Waals surface area (Å²) in [6.45, 7) is 2.79. The number of terminal acetylenes is 1.